The van der Waals surface area contributed by atoms with Gasteiger partial charge < -0.3 is 10.1 Å². The number of carbonyl (C=O) groups is 1. The monoisotopic (exact) mass is 476 g/mol. The number of amides is 1. The third kappa shape index (κ3) is 4.21. The van der Waals surface area contributed by atoms with E-state index in [0.29, 0.717) is 32.0 Å². The minimum absolute atomic E-state index is 0.0923. The minimum atomic E-state index is -3.69. The Morgan fingerprint density at radius 3 is 2.50 bits per heavy atom. The third-order valence-corrected chi connectivity index (χ3v) is 7.69. The third-order valence-electron chi connectivity index (χ3n) is 5.80. The van der Waals surface area contributed by atoms with Crippen LogP contribution in [0.4, 0.5) is 5.69 Å². The van der Waals surface area contributed by atoms with Gasteiger partial charge in [0.25, 0.3) is 5.91 Å². The fourth-order valence-electron chi connectivity index (χ4n) is 4.12. The van der Waals surface area contributed by atoms with Crippen molar-refractivity contribution in [3.05, 3.63) is 84.2 Å². The number of nitrogens with zero attached hydrogens (tertiary/aromatic N) is 3. The van der Waals surface area contributed by atoms with Crippen molar-refractivity contribution < 1.29 is 17.9 Å². The molecule has 0 saturated carbocycles. The zero-order chi connectivity index (χ0) is 23.7. The van der Waals surface area contributed by atoms with E-state index in [0.717, 1.165) is 22.5 Å². The van der Waals surface area contributed by atoms with Gasteiger partial charge in [0, 0.05) is 30.0 Å². The number of carbonyl (C=O) groups excluding carboxylic acids is 1. The molecule has 0 unspecified atom stereocenters. The highest BCUT2D eigenvalue weighted by molar-refractivity contribution is 7.89. The first kappa shape index (κ1) is 22.3. The van der Waals surface area contributed by atoms with Crippen molar-refractivity contribution in [3.8, 4) is 5.69 Å². The molecule has 1 aliphatic heterocycles. The molecule has 5 rings (SSSR count). The molecule has 2 heterocycles. The van der Waals surface area contributed by atoms with Crippen molar-refractivity contribution in [1.29, 1.82) is 0 Å². The van der Waals surface area contributed by atoms with E-state index in [1.807, 2.05) is 55.5 Å². The van der Waals surface area contributed by atoms with Crippen LogP contribution in [-0.4, -0.2) is 54.5 Å². The molecule has 3 aromatic carbocycles. The van der Waals surface area contributed by atoms with E-state index in [9.17, 15) is 13.2 Å². The summed E-state index contributed by atoms with van der Waals surface area (Å²) in [6, 6.07) is 21.6. The maximum absolute atomic E-state index is 12.9. The predicted molar refractivity (Wildman–Crippen MR) is 130 cm³/mol. The lowest BCUT2D eigenvalue weighted by Gasteiger charge is -2.26. The van der Waals surface area contributed by atoms with Crippen LogP contribution in [0, 0.1) is 6.92 Å². The van der Waals surface area contributed by atoms with Crippen LogP contribution >= 0.6 is 0 Å². The molecule has 1 amide bonds. The molecule has 0 radical (unpaired) electrons. The molecule has 1 aliphatic rings. The molecule has 9 heteroatoms. The highest BCUT2D eigenvalue weighted by Crippen LogP contribution is 2.25. The van der Waals surface area contributed by atoms with Gasteiger partial charge in [-0.3, -0.25) is 9.36 Å². The van der Waals surface area contributed by atoms with Crippen molar-refractivity contribution in [1.82, 2.24) is 13.9 Å². The van der Waals surface area contributed by atoms with E-state index in [2.05, 4.69) is 14.9 Å². The van der Waals surface area contributed by atoms with E-state index in [4.69, 9.17) is 4.74 Å². The Morgan fingerprint density at radius 1 is 0.971 bits per heavy atom. The van der Waals surface area contributed by atoms with Gasteiger partial charge >= 0.3 is 0 Å². The smallest absolute Gasteiger partial charge is 0.255 e. The molecule has 0 aliphatic carbocycles. The van der Waals surface area contributed by atoms with E-state index in [1.54, 1.807) is 12.1 Å². The summed E-state index contributed by atoms with van der Waals surface area (Å²) in [5, 5.41) is 2.86. The second-order valence-corrected chi connectivity index (χ2v) is 9.97. The zero-order valence-corrected chi connectivity index (χ0v) is 19.5. The number of imidazole rings is 1. The van der Waals surface area contributed by atoms with Crippen LogP contribution in [0.2, 0.25) is 0 Å². The van der Waals surface area contributed by atoms with Gasteiger partial charge in [0.05, 0.1) is 29.1 Å². The van der Waals surface area contributed by atoms with Crippen molar-refractivity contribution in [2.45, 2.75) is 11.8 Å². The number of ether oxygens (including phenoxy) is 1. The molecule has 0 spiro atoms. The first-order valence-corrected chi connectivity index (χ1v) is 12.4. The average Bonchev–Trinajstić information content (AvgIpc) is 3.20. The van der Waals surface area contributed by atoms with Gasteiger partial charge in [-0.2, -0.15) is 4.31 Å². The van der Waals surface area contributed by atoms with Crippen LogP contribution in [0.5, 0.6) is 0 Å². The molecule has 0 bridgehead atoms. The van der Waals surface area contributed by atoms with E-state index < -0.39 is 15.9 Å². The number of rotatable bonds is 5. The van der Waals surface area contributed by atoms with Crippen LogP contribution in [0.25, 0.3) is 16.7 Å². The first-order valence-electron chi connectivity index (χ1n) is 11.0. The number of hydrogen-bond donors (Lipinski definition) is 1. The molecule has 34 heavy (non-hydrogen) atoms. The molecule has 8 nitrogen and oxygen atoms in total. The van der Waals surface area contributed by atoms with Crippen LogP contribution in [-0.2, 0) is 14.8 Å². The number of aryl methyl sites for hydroxylation is 1. The van der Waals surface area contributed by atoms with Gasteiger partial charge in [0.2, 0.25) is 10.0 Å². The average molecular weight is 477 g/mol. The van der Waals surface area contributed by atoms with Gasteiger partial charge in [-0.1, -0.05) is 24.3 Å². The number of hydrogen-bond acceptors (Lipinski definition) is 5. The Hall–Kier alpha value is -3.53. The fraction of sp³-hybridized carbons (Fsp3) is 0.200. The maximum atomic E-state index is 12.9. The first-order chi connectivity index (χ1) is 16.4. The number of fused-ring (bicyclic) bond motifs is 1. The maximum Gasteiger partial charge on any atom is 0.255 e. The molecule has 174 valence electrons. The number of benzene rings is 3. The second kappa shape index (κ2) is 9.02. The Balaban J connectivity index is 1.39. The van der Waals surface area contributed by atoms with Gasteiger partial charge in [-0.25, -0.2) is 13.4 Å². The van der Waals surface area contributed by atoms with Crippen molar-refractivity contribution in [2.75, 3.05) is 31.6 Å². The summed E-state index contributed by atoms with van der Waals surface area (Å²) in [7, 11) is -3.69. The van der Waals surface area contributed by atoms with Crippen LogP contribution in [0.1, 0.15) is 16.2 Å². The van der Waals surface area contributed by atoms with Crippen LogP contribution < -0.4 is 5.32 Å². The molecule has 4 aromatic rings. The zero-order valence-electron chi connectivity index (χ0n) is 18.6. The summed E-state index contributed by atoms with van der Waals surface area (Å²) in [4.78, 5) is 17.7. The number of sulfonamides is 1. The Bertz CT molecular complexity index is 1460. The normalized spacial score (nSPS) is 14.9. The standard InChI is InChI=1S/C25H24N4O4S/c1-18-26-23-17-20(10-11-24(23)29(18)21-7-3-2-4-8-21)27-25(30)19-6-5-9-22(16-19)34(31,32)28-12-14-33-15-13-28/h2-11,16-17H,12-15H2,1H3,(H,27,30). The van der Waals surface area contributed by atoms with Crippen molar-refractivity contribution >= 4 is 32.7 Å². The molecular weight excluding hydrogens is 452 g/mol. The minimum Gasteiger partial charge on any atom is -0.379 e. The fourth-order valence-corrected chi connectivity index (χ4v) is 5.57. The number of aromatic nitrogens is 2. The van der Waals surface area contributed by atoms with Gasteiger partial charge in [-0.15, -0.1) is 0 Å². The summed E-state index contributed by atoms with van der Waals surface area (Å²) in [6.45, 7) is 3.26. The van der Waals surface area contributed by atoms with E-state index in [1.165, 1.54) is 16.4 Å². The summed E-state index contributed by atoms with van der Waals surface area (Å²) in [5.41, 5.74) is 3.54. The van der Waals surface area contributed by atoms with Crippen LogP contribution in [0.3, 0.4) is 0 Å². The number of para-hydroxylation sites is 1. The molecule has 0 atom stereocenters. The summed E-state index contributed by atoms with van der Waals surface area (Å²) in [5.74, 6) is 0.447. The lowest BCUT2D eigenvalue weighted by atomic mass is 10.2. The van der Waals surface area contributed by atoms with Crippen molar-refractivity contribution in [3.63, 3.8) is 0 Å². The number of nitrogens with one attached hydrogen (secondary N) is 1. The molecule has 1 saturated heterocycles. The highest BCUT2D eigenvalue weighted by atomic mass is 32.2. The number of morpholine rings is 1. The van der Waals surface area contributed by atoms with Gasteiger partial charge in [0.15, 0.2) is 0 Å². The summed E-state index contributed by atoms with van der Waals surface area (Å²) < 4.78 is 34.6. The molecular formula is C25H24N4O4S. The summed E-state index contributed by atoms with van der Waals surface area (Å²) >= 11 is 0. The SMILES string of the molecule is Cc1nc2cc(NC(=O)c3cccc(S(=O)(=O)N4CCOCC4)c3)ccc2n1-c1ccccc1. The number of anilines is 1. The largest absolute Gasteiger partial charge is 0.379 e. The van der Waals surface area contributed by atoms with Crippen LogP contribution in [0.15, 0.2) is 77.7 Å². The lowest BCUT2D eigenvalue weighted by Crippen LogP contribution is -2.40. The lowest BCUT2D eigenvalue weighted by molar-refractivity contribution is 0.0730. The Morgan fingerprint density at radius 2 is 1.74 bits per heavy atom. The topological polar surface area (TPSA) is 93.5 Å². The Labute approximate surface area is 197 Å². The van der Waals surface area contributed by atoms with Gasteiger partial charge in [0.1, 0.15) is 5.82 Å². The predicted octanol–water partition coefficient (Wildman–Crippen LogP) is 3.61. The second-order valence-electron chi connectivity index (χ2n) is 8.03. The van der Waals surface area contributed by atoms with Crippen molar-refractivity contribution in [2.24, 2.45) is 0 Å². The molecule has 1 N–H and O–H groups in total. The van der Waals surface area contributed by atoms with Gasteiger partial charge in [-0.05, 0) is 55.5 Å². The summed E-state index contributed by atoms with van der Waals surface area (Å²) in [6.07, 6.45) is 0. The quantitative estimate of drug-likeness (QED) is 0.475. The molecule has 1 aromatic heterocycles. The van der Waals surface area contributed by atoms with E-state index in [-0.39, 0.29) is 10.5 Å². The Kier molecular flexibility index (Phi) is 5.91. The molecule has 1 fully saturated rings. The van der Waals surface area contributed by atoms with E-state index >= 15 is 0 Å². The highest BCUT2D eigenvalue weighted by Gasteiger charge is 2.27.